The minimum Gasteiger partial charge on any atom is -0.478 e. The minimum atomic E-state index is -5.07. The lowest BCUT2D eigenvalue weighted by molar-refractivity contribution is -0.139. The van der Waals surface area contributed by atoms with E-state index in [0.29, 0.717) is 18.2 Å². The Balaban J connectivity index is 2.01. The van der Waals surface area contributed by atoms with Crippen molar-refractivity contribution in [3.8, 4) is 0 Å². The molecule has 0 spiro atoms. The summed E-state index contributed by atoms with van der Waals surface area (Å²) < 4.78 is 93.7. The van der Waals surface area contributed by atoms with Gasteiger partial charge in [-0.05, 0) is 48.0 Å². The molecule has 2 N–H and O–H groups in total. The Morgan fingerprint density at radius 3 is 2.00 bits per heavy atom. The van der Waals surface area contributed by atoms with Gasteiger partial charge in [0.05, 0.1) is 25.8 Å². The van der Waals surface area contributed by atoms with Crippen LogP contribution in [0.25, 0.3) is 0 Å². The first-order chi connectivity index (χ1) is 15.3. The molecule has 3 aromatic rings. The third-order valence-electron chi connectivity index (χ3n) is 4.58. The highest BCUT2D eigenvalue weighted by molar-refractivity contribution is 7.91. The molecule has 0 aromatic heterocycles. The predicted molar refractivity (Wildman–Crippen MR) is 111 cm³/mol. The van der Waals surface area contributed by atoms with E-state index in [-0.39, 0.29) is 16.0 Å². The summed E-state index contributed by atoms with van der Waals surface area (Å²) in [6.07, 6.45) is -5.07. The van der Waals surface area contributed by atoms with Gasteiger partial charge in [0.25, 0.3) is 0 Å². The highest BCUT2D eigenvalue weighted by atomic mass is 32.2. The number of aromatic carboxylic acids is 1. The van der Waals surface area contributed by atoms with Crippen molar-refractivity contribution in [2.24, 2.45) is 0 Å². The number of hydrogen-bond donors (Lipinski definition) is 2. The van der Waals surface area contributed by atoms with Gasteiger partial charge in [-0.3, -0.25) is 0 Å². The first-order valence-corrected chi connectivity index (χ1v) is 12.1. The van der Waals surface area contributed by atoms with E-state index in [1.807, 2.05) is 4.72 Å². The second-order valence-corrected chi connectivity index (χ2v) is 10.5. The molecule has 0 atom stereocenters. The Kier molecular flexibility index (Phi) is 6.63. The Morgan fingerprint density at radius 1 is 0.848 bits per heavy atom. The molecular formula is C21H16F3NO6S2. The van der Waals surface area contributed by atoms with Crippen LogP contribution in [0.5, 0.6) is 0 Å². The maximum Gasteiger partial charge on any atom is 0.417 e. The smallest absolute Gasteiger partial charge is 0.417 e. The first-order valence-electron chi connectivity index (χ1n) is 9.16. The van der Waals surface area contributed by atoms with Crippen LogP contribution in [0.3, 0.4) is 0 Å². The van der Waals surface area contributed by atoms with Crippen molar-refractivity contribution in [2.45, 2.75) is 27.4 Å². The fraction of sp³-hybridized carbons (Fsp3) is 0.0952. The van der Waals surface area contributed by atoms with Crippen LogP contribution in [0, 0.1) is 0 Å². The van der Waals surface area contributed by atoms with Crippen molar-refractivity contribution < 1.29 is 39.9 Å². The number of carboxylic acid groups (broad SMARTS) is 1. The molecule has 0 saturated carbocycles. The lowest BCUT2D eigenvalue weighted by Gasteiger charge is -2.16. The van der Waals surface area contributed by atoms with Gasteiger partial charge in [-0.2, -0.15) is 13.2 Å². The zero-order valence-electron chi connectivity index (χ0n) is 16.6. The van der Waals surface area contributed by atoms with Gasteiger partial charge in [-0.15, -0.1) is 0 Å². The molecule has 3 aromatic carbocycles. The molecule has 0 radical (unpaired) electrons. The molecule has 0 unspecified atom stereocenters. The van der Waals surface area contributed by atoms with Gasteiger partial charge in [0.1, 0.15) is 0 Å². The van der Waals surface area contributed by atoms with Crippen molar-refractivity contribution in [1.82, 2.24) is 4.72 Å². The van der Waals surface area contributed by atoms with E-state index < -0.39 is 53.9 Å². The number of benzene rings is 3. The zero-order chi connectivity index (χ0) is 24.4. The van der Waals surface area contributed by atoms with Crippen LogP contribution in [-0.4, -0.2) is 27.9 Å². The highest BCUT2D eigenvalue weighted by Crippen LogP contribution is 2.36. The largest absolute Gasteiger partial charge is 0.478 e. The van der Waals surface area contributed by atoms with Gasteiger partial charge in [0.2, 0.25) is 19.9 Å². The SMILES string of the molecule is O=C(O)c1ccc(CNS(=O)(=O)c2cc(S(=O)(=O)c3ccccc3)ccc2C(F)(F)F)cc1. The third-order valence-corrected chi connectivity index (χ3v) is 7.79. The van der Waals surface area contributed by atoms with E-state index >= 15 is 0 Å². The van der Waals surface area contributed by atoms with Crippen LogP contribution in [0.1, 0.15) is 21.5 Å². The van der Waals surface area contributed by atoms with Gasteiger partial charge in [-0.1, -0.05) is 30.3 Å². The van der Waals surface area contributed by atoms with Gasteiger partial charge in [-0.25, -0.2) is 26.4 Å². The predicted octanol–water partition coefficient (Wildman–Crippen LogP) is 3.71. The van der Waals surface area contributed by atoms with E-state index in [1.54, 1.807) is 6.07 Å². The van der Waals surface area contributed by atoms with E-state index in [0.717, 1.165) is 0 Å². The van der Waals surface area contributed by atoms with Crippen LogP contribution in [-0.2, 0) is 32.6 Å². The van der Waals surface area contributed by atoms with Crippen molar-refractivity contribution in [1.29, 1.82) is 0 Å². The molecule has 174 valence electrons. The molecule has 7 nitrogen and oxygen atoms in total. The summed E-state index contributed by atoms with van der Waals surface area (Å²) in [7, 11) is -9.09. The third kappa shape index (κ3) is 5.41. The summed E-state index contributed by atoms with van der Waals surface area (Å²) in [5, 5.41) is 8.90. The van der Waals surface area contributed by atoms with Crippen LogP contribution < -0.4 is 4.72 Å². The standard InChI is InChI=1S/C21H16F3NO6S2/c22-21(23,24)18-11-10-17(32(28,29)16-4-2-1-3-5-16)12-19(18)33(30,31)25-13-14-6-8-15(9-7-14)20(26)27/h1-12,25H,13H2,(H,26,27). The summed E-state index contributed by atoms with van der Waals surface area (Å²) in [5.74, 6) is -1.20. The van der Waals surface area contributed by atoms with Crippen molar-refractivity contribution in [3.63, 3.8) is 0 Å². The van der Waals surface area contributed by atoms with Crippen molar-refractivity contribution in [3.05, 3.63) is 89.5 Å². The maximum absolute atomic E-state index is 13.5. The maximum atomic E-state index is 13.5. The number of sulfonamides is 1. The number of sulfone groups is 1. The minimum absolute atomic E-state index is 0.0558. The quantitative estimate of drug-likeness (QED) is 0.512. The zero-order valence-corrected chi connectivity index (χ0v) is 18.2. The molecule has 0 amide bonds. The Hall–Kier alpha value is -3.22. The highest BCUT2D eigenvalue weighted by Gasteiger charge is 2.38. The Labute approximate surface area is 187 Å². The fourth-order valence-electron chi connectivity index (χ4n) is 2.88. The molecular weight excluding hydrogens is 483 g/mol. The number of carboxylic acids is 1. The topological polar surface area (TPSA) is 118 Å². The van der Waals surface area contributed by atoms with Gasteiger partial charge < -0.3 is 5.11 Å². The fourth-order valence-corrected chi connectivity index (χ4v) is 5.53. The number of alkyl halides is 3. The summed E-state index contributed by atoms with van der Waals surface area (Å²) in [6, 6.07) is 13.5. The van der Waals surface area contributed by atoms with E-state index in [4.69, 9.17) is 5.11 Å². The molecule has 3 rings (SSSR count). The summed E-state index contributed by atoms with van der Waals surface area (Å²) in [4.78, 5) is 8.83. The first kappa shape index (κ1) is 24.4. The van der Waals surface area contributed by atoms with Crippen LogP contribution in [0.15, 0.2) is 87.5 Å². The molecule has 0 saturated heterocycles. The second kappa shape index (κ2) is 8.96. The number of hydrogen-bond acceptors (Lipinski definition) is 5. The van der Waals surface area contributed by atoms with Gasteiger partial charge in [0.15, 0.2) is 0 Å². The van der Waals surface area contributed by atoms with Crippen LogP contribution in [0.4, 0.5) is 13.2 Å². The summed E-state index contributed by atoms with van der Waals surface area (Å²) in [6.45, 7) is -0.449. The van der Waals surface area contributed by atoms with E-state index in [2.05, 4.69) is 0 Å². The molecule has 0 aliphatic carbocycles. The molecule has 0 aliphatic heterocycles. The lowest BCUT2D eigenvalue weighted by atomic mass is 10.1. The number of carbonyl (C=O) groups is 1. The lowest BCUT2D eigenvalue weighted by Crippen LogP contribution is -2.26. The average Bonchev–Trinajstić information content (AvgIpc) is 2.77. The molecule has 0 bridgehead atoms. The summed E-state index contributed by atoms with van der Waals surface area (Å²) >= 11 is 0. The van der Waals surface area contributed by atoms with Gasteiger partial charge >= 0.3 is 12.1 Å². The normalized spacial score (nSPS) is 12.5. The number of rotatable bonds is 7. The Morgan fingerprint density at radius 2 is 1.45 bits per heavy atom. The molecule has 33 heavy (non-hydrogen) atoms. The molecule has 0 fully saturated rings. The van der Waals surface area contributed by atoms with Crippen molar-refractivity contribution in [2.75, 3.05) is 0 Å². The van der Waals surface area contributed by atoms with Crippen molar-refractivity contribution >= 4 is 25.8 Å². The second-order valence-electron chi connectivity index (χ2n) is 6.80. The number of nitrogens with one attached hydrogen (secondary N) is 1. The van der Waals surface area contributed by atoms with Gasteiger partial charge in [0, 0.05) is 6.54 Å². The Bertz CT molecular complexity index is 1390. The monoisotopic (exact) mass is 499 g/mol. The average molecular weight is 499 g/mol. The molecule has 12 heteroatoms. The van der Waals surface area contributed by atoms with E-state index in [1.165, 1.54) is 48.5 Å². The summed E-state index contributed by atoms with van der Waals surface area (Å²) in [5.41, 5.74) is -1.30. The molecule has 0 aliphatic rings. The van der Waals surface area contributed by atoms with E-state index in [9.17, 15) is 34.8 Å². The van der Waals surface area contributed by atoms with Crippen LogP contribution >= 0.6 is 0 Å². The van der Waals surface area contributed by atoms with Crippen LogP contribution in [0.2, 0.25) is 0 Å². The molecule has 0 heterocycles. The number of halogens is 3.